The van der Waals surface area contributed by atoms with Crippen LogP contribution < -0.4 is 10.1 Å². The number of fused-ring (bicyclic) bond motifs is 1. The third kappa shape index (κ3) is 4.43. The van der Waals surface area contributed by atoms with Crippen molar-refractivity contribution in [3.05, 3.63) is 77.7 Å². The fourth-order valence-electron chi connectivity index (χ4n) is 3.75. The van der Waals surface area contributed by atoms with Crippen molar-refractivity contribution in [1.82, 2.24) is 20.5 Å². The molecule has 31 heavy (non-hydrogen) atoms. The summed E-state index contributed by atoms with van der Waals surface area (Å²) >= 11 is 0. The van der Waals surface area contributed by atoms with E-state index in [0.29, 0.717) is 5.69 Å². The molecule has 0 radical (unpaired) electrons. The minimum absolute atomic E-state index is 0.108. The molecule has 4 rings (SSSR count). The van der Waals surface area contributed by atoms with Crippen molar-refractivity contribution < 1.29 is 9.53 Å². The Morgan fingerprint density at radius 2 is 1.97 bits per heavy atom. The Hall–Kier alpha value is -3.67. The SMILES string of the molecule is CCCC(NC(=O)c1cc(-c2ccc3n[nH]c(C)c3c2)ccn1)c1cccc(OC)c1. The van der Waals surface area contributed by atoms with Crippen LogP contribution in [0.4, 0.5) is 0 Å². The fourth-order valence-corrected chi connectivity index (χ4v) is 3.75. The van der Waals surface area contributed by atoms with Gasteiger partial charge in [0, 0.05) is 17.3 Å². The highest BCUT2D eigenvalue weighted by Crippen LogP contribution is 2.26. The number of carbonyl (C=O) groups is 1. The standard InChI is InChI=1S/C25H26N4O2/c1-4-6-22(19-7-5-8-20(13-19)31-3)27-25(30)24-15-18(11-12-26-24)17-9-10-23-21(14-17)16(2)28-29-23/h5,7-15,22H,4,6H2,1-3H3,(H,27,30)(H,28,29). The maximum Gasteiger partial charge on any atom is 0.270 e. The molecule has 158 valence electrons. The van der Waals surface area contributed by atoms with Gasteiger partial charge in [-0.2, -0.15) is 5.10 Å². The van der Waals surface area contributed by atoms with Crippen LogP contribution in [0.5, 0.6) is 5.75 Å². The van der Waals surface area contributed by atoms with Gasteiger partial charge in [-0.1, -0.05) is 31.5 Å². The Labute approximate surface area is 181 Å². The lowest BCUT2D eigenvalue weighted by atomic mass is 10.0. The zero-order valence-electron chi connectivity index (χ0n) is 18.0. The third-order valence-corrected chi connectivity index (χ3v) is 5.45. The maximum atomic E-state index is 13.0. The predicted octanol–water partition coefficient (Wildman–Crippen LogP) is 5.21. The molecule has 1 unspecified atom stereocenters. The average molecular weight is 415 g/mol. The van der Waals surface area contributed by atoms with E-state index in [2.05, 4.69) is 33.5 Å². The minimum Gasteiger partial charge on any atom is -0.497 e. The normalized spacial score (nSPS) is 12.0. The van der Waals surface area contributed by atoms with Crippen LogP contribution in [0.25, 0.3) is 22.0 Å². The molecule has 0 aliphatic heterocycles. The van der Waals surface area contributed by atoms with Crippen LogP contribution in [0.3, 0.4) is 0 Å². The Morgan fingerprint density at radius 3 is 2.77 bits per heavy atom. The number of ether oxygens (including phenoxy) is 1. The first-order chi connectivity index (χ1) is 15.1. The molecule has 1 amide bonds. The van der Waals surface area contributed by atoms with E-state index in [4.69, 9.17) is 4.74 Å². The van der Waals surface area contributed by atoms with E-state index in [1.807, 2.05) is 55.5 Å². The third-order valence-electron chi connectivity index (χ3n) is 5.45. The van der Waals surface area contributed by atoms with Crippen LogP contribution in [-0.2, 0) is 0 Å². The van der Waals surface area contributed by atoms with Gasteiger partial charge in [0.2, 0.25) is 0 Å². The molecular weight excluding hydrogens is 388 g/mol. The summed E-state index contributed by atoms with van der Waals surface area (Å²) in [5.74, 6) is 0.585. The largest absolute Gasteiger partial charge is 0.497 e. The van der Waals surface area contributed by atoms with Crippen LogP contribution in [0.2, 0.25) is 0 Å². The summed E-state index contributed by atoms with van der Waals surface area (Å²) in [5.41, 5.74) is 5.32. The van der Waals surface area contributed by atoms with Crippen LogP contribution in [-0.4, -0.2) is 28.2 Å². The molecule has 2 heterocycles. The number of aromatic amines is 1. The summed E-state index contributed by atoms with van der Waals surface area (Å²) in [6.07, 6.45) is 3.45. The van der Waals surface area contributed by atoms with E-state index >= 15 is 0 Å². The smallest absolute Gasteiger partial charge is 0.270 e. The number of hydrogen-bond acceptors (Lipinski definition) is 4. The number of H-pyrrole nitrogens is 1. The summed E-state index contributed by atoms with van der Waals surface area (Å²) in [6, 6.07) is 17.5. The highest BCUT2D eigenvalue weighted by atomic mass is 16.5. The highest BCUT2D eigenvalue weighted by Gasteiger charge is 2.17. The summed E-state index contributed by atoms with van der Waals surface area (Å²) in [7, 11) is 1.64. The van der Waals surface area contributed by atoms with E-state index < -0.39 is 0 Å². The van der Waals surface area contributed by atoms with Gasteiger partial charge in [0.25, 0.3) is 5.91 Å². The van der Waals surface area contributed by atoms with Crippen molar-refractivity contribution in [1.29, 1.82) is 0 Å². The van der Waals surface area contributed by atoms with Crippen LogP contribution in [0.15, 0.2) is 60.8 Å². The molecule has 2 N–H and O–H groups in total. The van der Waals surface area contributed by atoms with Crippen molar-refractivity contribution >= 4 is 16.8 Å². The molecule has 6 nitrogen and oxygen atoms in total. The summed E-state index contributed by atoms with van der Waals surface area (Å²) < 4.78 is 5.34. The van der Waals surface area contributed by atoms with Crippen molar-refractivity contribution in [2.24, 2.45) is 0 Å². The molecule has 0 aliphatic carbocycles. The summed E-state index contributed by atoms with van der Waals surface area (Å²) in [4.78, 5) is 17.4. The van der Waals surface area contributed by atoms with Crippen molar-refractivity contribution in [2.75, 3.05) is 7.11 Å². The highest BCUT2D eigenvalue weighted by molar-refractivity contribution is 5.94. The number of amides is 1. The van der Waals surface area contributed by atoms with Gasteiger partial charge in [0.05, 0.1) is 18.7 Å². The van der Waals surface area contributed by atoms with Crippen LogP contribution in [0.1, 0.15) is 47.6 Å². The zero-order valence-corrected chi connectivity index (χ0v) is 18.0. The summed E-state index contributed by atoms with van der Waals surface area (Å²) in [5, 5.41) is 11.5. The molecule has 2 aromatic heterocycles. The number of carbonyl (C=O) groups excluding carboxylic acids is 1. The Morgan fingerprint density at radius 1 is 1.13 bits per heavy atom. The topological polar surface area (TPSA) is 79.9 Å². The molecule has 4 aromatic rings. The van der Waals surface area contributed by atoms with E-state index in [-0.39, 0.29) is 11.9 Å². The van der Waals surface area contributed by atoms with Gasteiger partial charge in [0.15, 0.2) is 0 Å². The first-order valence-electron chi connectivity index (χ1n) is 10.4. The average Bonchev–Trinajstić information content (AvgIpc) is 3.19. The number of methoxy groups -OCH3 is 1. The van der Waals surface area contributed by atoms with Crippen molar-refractivity contribution in [2.45, 2.75) is 32.7 Å². The summed E-state index contributed by atoms with van der Waals surface area (Å²) in [6.45, 7) is 4.10. The second-order valence-electron chi connectivity index (χ2n) is 7.60. The lowest BCUT2D eigenvalue weighted by Crippen LogP contribution is -2.29. The molecule has 6 heteroatoms. The van der Waals surface area contributed by atoms with Crippen molar-refractivity contribution in [3.63, 3.8) is 0 Å². The van der Waals surface area contributed by atoms with Gasteiger partial charge in [-0.15, -0.1) is 0 Å². The lowest BCUT2D eigenvalue weighted by Gasteiger charge is -2.19. The maximum absolute atomic E-state index is 13.0. The second kappa shape index (κ2) is 9.00. The molecular formula is C25H26N4O2. The Bertz CT molecular complexity index is 1220. The van der Waals surface area contributed by atoms with E-state index in [1.165, 1.54) is 0 Å². The molecule has 0 spiro atoms. The first kappa shape index (κ1) is 20.6. The van der Waals surface area contributed by atoms with Gasteiger partial charge >= 0.3 is 0 Å². The monoisotopic (exact) mass is 414 g/mol. The number of hydrogen-bond donors (Lipinski definition) is 2. The number of aromatic nitrogens is 3. The van der Waals surface area contributed by atoms with Crippen LogP contribution >= 0.6 is 0 Å². The molecule has 0 aliphatic rings. The lowest BCUT2D eigenvalue weighted by molar-refractivity contribution is 0.0929. The van der Waals surface area contributed by atoms with Gasteiger partial charge in [0.1, 0.15) is 11.4 Å². The Balaban J connectivity index is 1.59. The zero-order chi connectivity index (χ0) is 21.8. The second-order valence-corrected chi connectivity index (χ2v) is 7.60. The van der Waals surface area contributed by atoms with Gasteiger partial charge in [-0.25, -0.2) is 0 Å². The van der Waals surface area contributed by atoms with E-state index in [9.17, 15) is 4.79 Å². The van der Waals surface area contributed by atoms with E-state index in [0.717, 1.165) is 51.9 Å². The first-order valence-corrected chi connectivity index (χ1v) is 10.4. The fraction of sp³-hybridized carbons (Fsp3) is 0.240. The molecule has 2 aromatic carbocycles. The number of nitrogens with one attached hydrogen (secondary N) is 2. The number of nitrogens with zero attached hydrogens (tertiary/aromatic N) is 2. The Kier molecular flexibility index (Phi) is 5.98. The quantitative estimate of drug-likeness (QED) is 0.435. The number of rotatable bonds is 7. The molecule has 0 fully saturated rings. The van der Waals surface area contributed by atoms with Gasteiger partial charge in [-0.05, 0) is 66.4 Å². The van der Waals surface area contributed by atoms with Crippen molar-refractivity contribution in [3.8, 4) is 16.9 Å². The van der Waals surface area contributed by atoms with Crippen LogP contribution in [0, 0.1) is 6.92 Å². The molecule has 0 saturated carbocycles. The predicted molar refractivity (Wildman–Crippen MR) is 122 cm³/mol. The van der Waals surface area contributed by atoms with E-state index in [1.54, 1.807) is 13.3 Å². The number of pyridine rings is 1. The molecule has 0 saturated heterocycles. The molecule has 1 atom stereocenters. The number of benzene rings is 2. The minimum atomic E-state index is -0.191. The van der Waals surface area contributed by atoms with Gasteiger partial charge in [-0.3, -0.25) is 14.9 Å². The molecule has 0 bridgehead atoms. The number of aryl methyl sites for hydroxylation is 1. The van der Waals surface area contributed by atoms with Gasteiger partial charge < -0.3 is 10.1 Å².